The van der Waals surface area contributed by atoms with Crippen molar-refractivity contribution in [2.45, 2.75) is 37.7 Å². The van der Waals surface area contributed by atoms with Crippen LogP contribution in [0.3, 0.4) is 0 Å². The molecule has 1 N–H and O–H groups in total. The van der Waals surface area contributed by atoms with E-state index in [1.807, 2.05) is 0 Å². The number of benzene rings is 2. The van der Waals surface area contributed by atoms with Crippen molar-refractivity contribution in [2.75, 3.05) is 37.3 Å². The molecule has 1 fully saturated rings. The van der Waals surface area contributed by atoms with E-state index >= 15 is 0 Å². The van der Waals surface area contributed by atoms with Crippen molar-refractivity contribution in [3.8, 4) is 0 Å². The molecule has 1 aliphatic heterocycles. The van der Waals surface area contributed by atoms with Gasteiger partial charge in [-0.3, -0.25) is 0 Å². The maximum Gasteiger partial charge on any atom is 0.421 e. The third-order valence-electron chi connectivity index (χ3n) is 7.42. The zero-order valence-electron chi connectivity index (χ0n) is 23.0. The van der Waals surface area contributed by atoms with Gasteiger partial charge in [0.2, 0.25) is 20.0 Å². The highest BCUT2D eigenvalue weighted by Crippen LogP contribution is 2.39. The van der Waals surface area contributed by atoms with Crippen molar-refractivity contribution < 1.29 is 35.1 Å². The first-order chi connectivity index (χ1) is 19.5. The molecule has 0 spiro atoms. The molecule has 0 amide bonds. The van der Waals surface area contributed by atoms with Gasteiger partial charge in [0, 0.05) is 49.7 Å². The topological polar surface area (TPSA) is 98.2 Å². The molecule has 2 atom stereocenters. The van der Waals surface area contributed by atoms with E-state index in [9.17, 15) is 35.1 Å². The second kappa shape index (κ2) is 12.2. The van der Waals surface area contributed by atoms with Gasteiger partial charge in [-0.2, -0.15) is 21.8 Å². The predicted octanol–water partition coefficient (Wildman–Crippen LogP) is 3.95. The number of rotatable bonds is 9. The monoisotopic (exact) mass is 643 g/mol. The number of sulfonamides is 2. The second-order valence-corrected chi connectivity index (χ2v) is 14.8. The van der Waals surface area contributed by atoms with Crippen molar-refractivity contribution in [3.63, 3.8) is 0 Å². The van der Waals surface area contributed by atoms with Crippen LogP contribution in [0.5, 0.6) is 0 Å². The molecule has 14 heteroatoms. The Bertz CT molecular complexity index is 1570. The number of thiocarbonyl (C=S) groups is 1. The van der Waals surface area contributed by atoms with Gasteiger partial charge in [0.1, 0.15) is 0 Å². The predicted molar refractivity (Wildman–Crippen MR) is 160 cm³/mol. The van der Waals surface area contributed by atoms with Crippen LogP contribution in [-0.2, 0) is 32.2 Å². The molecule has 8 nitrogen and oxygen atoms in total. The van der Waals surface area contributed by atoms with Gasteiger partial charge >= 0.3 is 6.18 Å². The van der Waals surface area contributed by atoms with Crippen molar-refractivity contribution in [2.24, 2.45) is 0 Å². The number of hydrogen-bond donors (Lipinski definition) is 1. The van der Waals surface area contributed by atoms with E-state index in [4.69, 9.17) is 12.2 Å². The van der Waals surface area contributed by atoms with Gasteiger partial charge in [0.15, 0.2) is 5.60 Å². The summed E-state index contributed by atoms with van der Waals surface area (Å²) >= 11 is 5.31. The number of halogens is 3. The fraction of sp³-hybridized carbons (Fsp3) is 0.393. The molecule has 0 aromatic heterocycles. The summed E-state index contributed by atoms with van der Waals surface area (Å²) in [7, 11) is -7.75. The third kappa shape index (κ3) is 6.95. The van der Waals surface area contributed by atoms with Crippen molar-refractivity contribution in [3.05, 3.63) is 88.9 Å². The number of piperazine rings is 1. The van der Waals surface area contributed by atoms with E-state index in [0.717, 1.165) is 11.8 Å². The van der Waals surface area contributed by atoms with Crippen LogP contribution in [0.1, 0.15) is 24.5 Å². The average Bonchev–Trinajstić information content (AvgIpc) is 2.92. The largest absolute Gasteiger partial charge is 0.421 e. The Morgan fingerprint density at radius 2 is 1.67 bits per heavy atom. The Kier molecular flexibility index (Phi) is 9.36. The summed E-state index contributed by atoms with van der Waals surface area (Å²) in [5, 5.41) is 10.1. The highest BCUT2D eigenvalue weighted by Gasteiger charge is 2.51. The summed E-state index contributed by atoms with van der Waals surface area (Å²) in [5.41, 5.74) is -2.23. The zero-order valence-corrected chi connectivity index (χ0v) is 25.5. The molecule has 0 bridgehead atoms. The molecule has 0 radical (unpaired) electrons. The van der Waals surface area contributed by atoms with Gasteiger partial charge in [-0.25, -0.2) is 16.8 Å². The molecule has 2 aliphatic rings. The molecular formula is C28H32F3N3O5S3. The van der Waals surface area contributed by atoms with Crippen LogP contribution in [-0.4, -0.2) is 80.1 Å². The molecule has 42 heavy (non-hydrogen) atoms. The SMILES string of the molecule is C[C@@](O)(c1ccc(N2CCN(S(=O)(=O)C3=CC=CCC3=S)C[C@@H]2CN(Cc2ccccc2)S(C)(=O)=O)cc1)C(F)(F)F. The van der Waals surface area contributed by atoms with Crippen LogP contribution >= 0.6 is 12.2 Å². The quantitative estimate of drug-likeness (QED) is 0.414. The van der Waals surface area contributed by atoms with Crippen LogP contribution in [0.15, 0.2) is 77.7 Å². The van der Waals surface area contributed by atoms with Crippen LogP contribution in [0.4, 0.5) is 18.9 Å². The highest BCUT2D eigenvalue weighted by molar-refractivity contribution is 7.96. The normalized spacial score (nSPS) is 20.5. The van der Waals surface area contributed by atoms with Crippen molar-refractivity contribution in [1.82, 2.24) is 8.61 Å². The highest BCUT2D eigenvalue weighted by atomic mass is 32.2. The Labute approximate surface area is 249 Å². The lowest BCUT2D eigenvalue weighted by Gasteiger charge is -2.44. The minimum atomic E-state index is -4.89. The number of nitrogens with zero attached hydrogens (tertiary/aromatic N) is 3. The van der Waals surface area contributed by atoms with Gasteiger partial charge in [-0.05, 0) is 36.3 Å². The van der Waals surface area contributed by atoms with Crippen molar-refractivity contribution in [1.29, 1.82) is 0 Å². The molecule has 4 rings (SSSR count). The fourth-order valence-electron chi connectivity index (χ4n) is 4.91. The summed E-state index contributed by atoms with van der Waals surface area (Å²) in [5.74, 6) is 0. The van der Waals surface area contributed by atoms with E-state index in [1.165, 1.54) is 39.0 Å². The summed E-state index contributed by atoms with van der Waals surface area (Å²) in [4.78, 5) is 2.09. The van der Waals surface area contributed by atoms with Gasteiger partial charge in [-0.1, -0.05) is 66.8 Å². The minimum absolute atomic E-state index is 0.0233. The Hall–Kier alpha value is -2.62. The maximum atomic E-state index is 13.6. The maximum absolute atomic E-state index is 13.6. The van der Waals surface area contributed by atoms with Gasteiger partial charge in [0.25, 0.3) is 0 Å². The van der Waals surface area contributed by atoms with Crippen molar-refractivity contribution >= 4 is 42.8 Å². The Morgan fingerprint density at radius 3 is 2.24 bits per heavy atom. The lowest BCUT2D eigenvalue weighted by atomic mass is 9.95. The van der Waals surface area contributed by atoms with Crippen LogP contribution in [0, 0.1) is 0 Å². The fourth-order valence-corrected chi connectivity index (χ4v) is 7.81. The summed E-state index contributed by atoms with van der Waals surface area (Å²) in [6, 6.07) is 13.4. The van der Waals surface area contributed by atoms with Gasteiger partial charge < -0.3 is 10.0 Å². The number of alkyl halides is 3. The first-order valence-electron chi connectivity index (χ1n) is 13.1. The van der Waals surface area contributed by atoms with E-state index < -0.39 is 37.9 Å². The lowest BCUT2D eigenvalue weighted by molar-refractivity contribution is -0.258. The molecule has 1 saturated heterocycles. The number of anilines is 1. The van der Waals surface area contributed by atoms with Gasteiger partial charge in [0.05, 0.1) is 17.2 Å². The number of allylic oxidation sites excluding steroid dienone is 4. The molecular weight excluding hydrogens is 612 g/mol. The summed E-state index contributed by atoms with van der Waals surface area (Å²) < 4.78 is 95.7. The molecule has 2 aromatic rings. The third-order valence-corrected chi connectivity index (χ3v) is 11.1. The van der Waals surface area contributed by atoms with Crippen LogP contribution < -0.4 is 4.90 Å². The summed E-state index contributed by atoms with van der Waals surface area (Å²) in [6.07, 6.45) is 1.33. The smallest absolute Gasteiger partial charge is 0.376 e. The molecule has 1 heterocycles. The number of aliphatic hydroxyl groups is 1. The van der Waals surface area contributed by atoms with E-state index in [0.29, 0.717) is 19.0 Å². The van der Waals surface area contributed by atoms with Crippen LogP contribution in [0.2, 0.25) is 0 Å². The Morgan fingerprint density at radius 1 is 1.02 bits per heavy atom. The zero-order chi connectivity index (χ0) is 30.9. The minimum Gasteiger partial charge on any atom is -0.376 e. The molecule has 1 aliphatic carbocycles. The number of hydrogen-bond acceptors (Lipinski definition) is 7. The second-order valence-electron chi connectivity index (χ2n) is 10.5. The molecule has 0 saturated carbocycles. The first-order valence-corrected chi connectivity index (χ1v) is 16.8. The van der Waals surface area contributed by atoms with Crippen LogP contribution in [0.25, 0.3) is 0 Å². The van der Waals surface area contributed by atoms with E-state index in [-0.39, 0.29) is 48.1 Å². The molecule has 228 valence electrons. The van der Waals surface area contributed by atoms with E-state index in [2.05, 4.69) is 0 Å². The lowest BCUT2D eigenvalue weighted by Crippen LogP contribution is -2.59. The average molecular weight is 644 g/mol. The standard InChI is InChI=1S/C28H32F3N3O5S3/c1-27(35,28(29,30)31)22-12-14-23(15-13-22)34-17-16-32(42(38,39)26-11-7-6-10-25(26)40)19-24(34)20-33(41(2,36)37)18-21-8-4-3-5-9-21/h3-9,11-15,24,35H,10,16-20H2,1-2H3/t24-,27-/m1/s1. The van der Waals surface area contributed by atoms with E-state index in [1.54, 1.807) is 47.4 Å². The molecule has 0 unspecified atom stereocenters. The van der Waals surface area contributed by atoms with Gasteiger partial charge in [-0.15, -0.1) is 0 Å². The Balaban J connectivity index is 1.69. The summed E-state index contributed by atoms with van der Waals surface area (Å²) in [6.45, 7) is 0.714. The first kappa shape index (κ1) is 32.3. The molecule has 2 aromatic carbocycles.